The number of aromatic amines is 1. The number of halogens is 5. The summed E-state index contributed by atoms with van der Waals surface area (Å²) in [5, 5.41) is 0. The molecule has 0 aromatic carbocycles. The quantitative estimate of drug-likeness (QED) is 0.570. The molecule has 0 spiro atoms. The molecule has 0 fully saturated rings. The van der Waals surface area contributed by atoms with E-state index in [4.69, 9.17) is 0 Å². The number of nitrogens with one attached hydrogen (secondary N) is 1. The summed E-state index contributed by atoms with van der Waals surface area (Å²) in [7, 11) is 0. The number of alkyl halides is 3. The zero-order chi connectivity index (χ0) is 10.9. The van der Waals surface area contributed by atoms with Crippen molar-refractivity contribution in [3.05, 3.63) is 28.2 Å². The van der Waals surface area contributed by atoms with Gasteiger partial charge < -0.3 is 4.74 Å². The van der Waals surface area contributed by atoms with Crippen molar-refractivity contribution in [1.82, 2.24) is 4.98 Å². The van der Waals surface area contributed by atoms with E-state index >= 15 is 0 Å². The van der Waals surface area contributed by atoms with E-state index < -0.39 is 29.4 Å². The highest BCUT2D eigenvalue weighted by Gasteiger charge is 2.34. The van der Waals surface area contributed by atoms with Crippen molar-refractivity contribution in [2.24, 2.45) is 0 Å². The summed E-state index contributed by atoms with van der Waals surface area (Å²) in [6, 6.07) is 0.143. The fourth-order valence-corrected chi connectivity index (χ4v) is 0.696. The third kappa shape index (κ3) is 2.44. The van der Waals surface area contributed by atoms with Gasteiger partial charge in [0.05, 0.1) is 0 Å². The largest absolute Gasteiger partial charge is 0.573 e. The molecule has 0 amide bonds. The fourth-order valence-electron chi connectivity index (χ4n) is 0.696. The van der Waals surface area contributed by atoms with Gasteiger partial charge in [0.25, 0.3) is 5.56 Å². The van der Waals surface area contributed by atoms with Gasteiger partial charge in [-0.25, -0.2) is 4.39 Å². The van der Waals surface area contributed by atoms with E-state index in [0.29, 0.717) is 0 Å². The monoisotopic (exact) mass is 215 g/mol. The lowest BCUT2D eigenvalue weighted by molar-refractivity contribution is -0.276. The summed E-state index contributed by atoms with van der Waals surface area (Å²) in [6.45, 7) is 0. The zero-order valence-electron chi connectivity index (χ0n) is 6.28. The van der Waals surface area contributed by atoms with Crippen molar-refractivity contribution in [3.8, 4) is 5.75 Å². The van der Waals surface area contributed by atoms with Crippen LogP contribution < -0.4 is 10.3 Å². The van der Waals surface area contributed by atoms with Gasteiger partial charge >= 0.3 is 6.36 Å². The van der Waals surface area contributed by atoms with Gasteiger partial charge in [-0.2, -0.15) is 4.39 Å². The molecule has 3 nitrogen and oxygen atoms in total. The van der Waals surface area contributed by atoms with E-state index in [1.54, 1.807) is 0 Å². The van der Waals surface area contributed by atoms with Crippen molar-refractivity contribution in [2.45, 2.75) is 6.36 Å². The zero-order valence-corrected chi connectivity index (χ0v) is 6.28. The van der Waals surface area contributed by atoms with E-state index in [1.165, 1.54) is 4.98 Å². The Labute approximate surface area is 73.1 Å². The molecule has 14 heavy (non-hydrogen) atoms. The molecule has 0 aliphatic heterocycles. The topological polar surface area (TPSA) is 42.1 Å². The summed E-state index contributed by atoms with van der Waals surface area (Å²) in [4.78, 5) is 11.7. The van der Waals surface area contributed by atoms with E-state index in [1.807, 2.05) is 0 Å². The minimum atomic E-state index is -5.22. The standard InChI is InChI=1S/C6H2F5NO2/c7-2-1-3(13)12-5(8)4(2)14-6(9,10)11/h1H,(H,12,13). The molecule has 0 saturated heterocycles. The van der Waals surface area contributed by atoms with Gasteiger partial charge in [-0.3, -0.25) is 9.78 Å². The first-order valence-electron chi connectivity index (χ1n) is 3.13. The van der Waals surface area contributed by atoms with Crippen LogP contribution in [0, 0.1) is 11.8 Å². The van der Waals surface area contributed by atoms with Gasteiger partial charge in [-0.1, -0.05) is 0 Å². The van der Waals surface area contributed by atoms with E-state index in [0.717, 1.165) is 0 Å². The van der Waals surface area contributed by atoms with E-state index in [2.05, 4.69) is 4.74 Å². The summed E-state index contributed by atoms with van der Waals surface area (Å²) >= 11 is 0. The van der Waals surface area contributed by atoms with Crippen LogP contribution in [0.2, 0.25) is 0 Å². The Hall–Kier alpha value is -1.60. The van der Waals surface area contributed by atoms with Gasteiger partial charge in [0, 0.05) is 6.07 Å². The molecule has 0 unspecified atom stereocenters. The molecule has 0 atom stereocenters. The van der Waals surface area contributed by atoms with Gasteiger partial charge in [0.2, 0.25) is 11.7 Å². The molecule has 1 N–H and O–H groups in total. The number of hydrogen-bond donors (Lipinski definition) is 1. The van der Waals surface area contributed by atoms with Crippen LogP contribution in [-0.4, -0.2) is 11.3 Å². The molecule has 0 aliphatic rings. The summed E-state index contributed by atoms with van der Waals surface area (Å²) in [6.07, 6.45) is -5.22. The number of ether oxygens (including phenoxy) is 1. The molecular formula is C6H2F5NO2. The molecule has 0 saturated carbocycles. The molecule has 0 aliphatic carbocycles. The Balaban J connectivity index is 3.16. The second-order valence-corrected chi connectivity index (χ2v) is 2.17. The first kappa shape index (κ1) is 10.5. The highest BCUT2D eigenvalue weighted by atomic mass is 19.4. The lowest BCUT2D eigenvalue weighted by atomic mass is 10.4. The SMILES string of the molecule is O=c1cc(F)c(OC(F)(F)F)c(F)[nH]1. The van der Waals surface area contributed by atoms with Crippen LogP contribution in [0.3, 0.4) is 0 Å². The first-order chi connectivity index (χ1) is 6.29. The van der Waals surface area contributed by atoms with Gasteiger partial charge in [0.15, 0.2) is 5.82 Å². The molecule has 1 heterocycles. The number of hydrogen-bond acceptors (Lipinski definition) is 2. The van der Waals surface area contributed by atoms with Crippen LogP contribution in [0.15, 0.2) is 10.9 Å². The van der Waals surface area contributed by atoms with Crippen LogP contribution in [0.1, 0.15) is 0 Å². The highest BCUT2D eigenvalue weighted by Crippen LogP contribution is 2.25. The van der Waals surface area contributed by atoms with Crippen molar-refractivity contribution >= 4 is 0 Å². The van der Waals surface area contributed by atoms with Crippen LogP contribution >= 0.6 is 0 Å². The molecule has 1 aromatic heterocycles. The minimum Gasteiger partial charge on any atom is -0.398 e. The van der Waals surface area contributed by atoms with Crippen molar-refractivity contribution < 1.29 is 26.7 Å². The fraction of sp³-hybridized carbons (Fsp3) is 0.167. The lowest BCUT2D eigenvalue weighted by Crippen LogP contribution is -2.21. The predicted molar refractivity (Wildman–Crippen MR) is 33.7 cm³/mol. The maximum absolute atomic E-state index is 12.6. The van der Waals surface area contributed by atoms with Crippen LogP contribution in [0.5, 0.6) is 5.75 Å². The Bertz CT molecular complexity index is 370. The molecule has 1 rings (SSSR count). The average Bonchev–Trinajstić information content (AvgIpc) is 1.95. The number of H-pyrrole nitrogens is 1. The first-order valence-corrected chi connectivity index (χ1v) is 3.13. The number of rotatable bonds is 1. The third-order valence-corrected chi connectivity index (χ3v) is 1.12. The molecule has 0 bridgehead atoms. The van der Waals surface area contributed by atoms with Crippen LogP contribution in [0.4, 0.5) is 22.0 Å². The normalized spacial score (nSPS) is 11.5. The van der Waals surface area contributed by atoms with E-state index in [-0.39, 0.29) is 6.07 Å². The number of pyridine rings is 1. The molecule has 0 radical (unpaired) electrons. The molecule has 8 heteroatoms. The predicted octanol–water partition coefficient (Wildman–Crippen LogP) is 1.55. The summed E-state index contributed by atoms with van der Waals surface area (Å²) in [5.74, 6) is -5.21. The third-order valence-electron chi connectivity index (χ3n) is 1.12. The van der Waals surface area contributed by atoms with Crippen molar-refractivity contribution in [3.63, 3.8) is 0 Å². The van der Waals surface area contributed by atoms with Gasteiger partial charge in [0.1, 0.15) is 0 Å². The minimum absolute atomic E-state index is 0.143. The second kappa shape index (κ2) is 3.28. The highest BCUT2D eigenvalue weighted by molar-refractivity contribution is 5.20. The average molecular weight is 215 g/mol. The second-order valence-electron chi connectivity index (χ2n) is 2.17. The Kier molecular flexibility index (Phi) is 2.45. The van der Waals surface area contributed by atoms with Crippen molar-refractivity contribution in [1.29, 1.82) is 0 Å². The van der Waals surface area contributed by atoms with Crippen LogP contribution in [-0.2, 0) is 0 Å². The summed E-state index contributed by atoms with van der Waals surface area (Å²) in [5.41, 5.74) is -1.20. The molecular weight excluding hydrogens is 213 g/mol. The maximum atomic E-state index is 12.6. The van der Waals surface area contributed by atoms with Gasteiger partial charge in [-0.15, -0.1) is 13.2 Å². The number of aromatic nitrogens is 1. The maximum Gasteiger partial charge on any atom is 0.573 e. The molecule has 1 aromatic rings. The smallest absolute Gasteiger partial charge is 0.398 e. The van der Waals surface area contributed by atoms with E-state index in [9.17, 15) is 26.7 Å². The Morgan fingerprint density at radius 3 is 2.29 bits per heavy atom. The Morgan fingerprint density at radius 2 is 1.86 bits per heavy atom. The van der Waals surface area contributed by atoms with Gasteiger partial charge in [-0.05, 0) is 0 Å². The van der Waals surface area contributed by atoms with Crippen molar-refractivity contribution in [2.75, 3.05) is 0 Å². The Morgan fingerprint density at radius 1 is 1.29 bits per heavy atom. The van der Waals surface area contributed by atoms with Crippen LogP contribution in [0.25, 0.3) is 0 Å². The lowest BCUT2D eigenvalue weighted by Gasteiger charge is -2.09. The molecule has 78 valence electrons. The summed E-state index contributed by atoms with van der Waals surface area (Å²) < 4.78 is 62.7.